The first kappa shape index (κ1) is 27.2. The number of ether oxygens (including phenoxy) is 2. The van der Waals surface area contributed by atoms with Crippen molar-refractivity contribution in [2.24, 2.45) is 17.3 Å². The molecule has 1 saturated carbocycles. The number of amides is 2. The van der Waals surface area contributed by atoms with Crippen molar-refractivity contribution < 1.29 is 36.6 Å². The normalized spacial score (nSPS) is 21.5. The number of hydrogen-bond acceptors (Lipinski definition) is 6. The number of carbonyl (C=O) groups excluding carboxylic acids is 2. The van der Waals surface area contributed by atoms with Crippen molar-refractivity contribution in [2.75, 3.05) is 19.6 Å². The summed E-state index contributed by atoms with van der Waals surface area (Å²) in [6, 6.07) is 2.69. The van der Waals surface area contributed by atoms with Crippen LogP contribution in [-0.2, 0) is 29.1 Å². The predicted molar refractivity (Wildman–Crippen MR) is 129 cm³/mol. The van der Waals surface area contributed by atoms with Crippen molar-refractivity contribution >= 4 is 12.0 Å². The van der Waals surface area contributed by atoms with E-state index in [0.29, 0.717) is 38.7 Å². The smallest absolute Gasteiger partial charge is 0.444 e. The van der Waals surface area contributed by atoms with Gasteiger partial charge in [-0.3, -0.25) is 4.79 Å². The van der Waals surface area contributed by atoms with E-state index in [1.54, 1.807) is 4.90 Å². The van der Waals surface area contributed by atoms with E-state index in [0.717, 1.165) is 55.6 Å². The fourth-order valence-electron chi connectivity index (χ4n) is 6.15. The minimum absolute atomic E-state index is 0.0443. The molecule has 2 atom stereocenters. The van der Waals surface area contributed by atoms with Gasteiger partial charge in [0.2, 0.25) is 5.91 Å². The first-order chi connectivity index (χ1) is 18.5. The number of H-pyrrole nitrogens is 1. The van der Waals surface area contributed by atoms with Crippen LogP contribution in [0.2, 0.25) is 0 Å². The molecule has 3 aliphatic rings. The minimum Gasteiger partial charge on any atom is -0.444 e. The van der Waals surface area contributed by atoms with E-state index in [-0.39, 0.29) is 28.7 Å². The fourth-order valence-corrected chi connectivity index (χ4v) is 6.15. The highest BCUT2D eigenvalue weighted by Gasteiger charge is 2.45. The maximum Gasteiger partial charge on any atom is 0.573 e. The van der Waals surface area contributed by atoms with Gasteiger partial charge in [-0.1, -0.05) is 6.92 Å². The Kier molecular flexibility index (Phi) is 7.43. The summed E-state index contributed by atoms with van der Waals surface area (Å²) in [5.41, 5.74) is 1.80. The summed E-state index contributed by atoms with van der Waals surface area (Å²) in [7, 11) is 0. The molecule has 1 aromatic heterocycles. The van der Waals surface area contributed by atoms with E-state index in [2.05, 4.69) is 20.1 Å². The summed E-state index contributed by atoms with van der Waals surface area (Å²) < 4.78 is 60.0. The van der Waals surface area contributed by atoms with Crippen LogP contribution in [-0.4, -0.2) is 63.2 Å². The Balaban J connectivity index is 1.08. The third-order valence-electron chi connectivity index (χ3n) is 8.50. The fraction of sp³-hybridized carbons (Fsp3) is 0.615. The van der Waals surface area contributed by atoms with Crippen LogP contribution in [0.4, 0.5) is 22.4 Å². The second kappa shape index (κ2) is 10.6. The molecule has 0 bridgehead atoms. The number of alkyl halides is 3. The Bertz CT molecular complexity index is 1210. The Morgan fingerprint density at radius 1 is 1.13 bits per heavy atom. The van der Waals surface area contributed by atoms with E-state index in [9.17, 15) is 27.2 Å². The maximum atomic E-state index is 14.2. The van der Waals surface area contributed by atoms with Crippen LogP contribution in [0, 0.1) is 23.1 Å². The summed E-state index contributed by atoms with van der Waals surface area (Å²) in [6.07, 6.45) is -0.312. The van der Waals surface area contributed by atoms with Crippen molar-refractivity contribution in [3.05, 3.63) is 41.0 Å². The van der Waals surface area contributed by atoms with Gasteiger partial charge in [0.15, 0.2) is 0 Å². The second-order valence-corrected chi connectivity index (χ2v) is 10.9. The van der Waals surface area contributed by atoms with E-state index in [1.165, 1.54) is 0 Å². The summed E-state index contributed by atoms with van der Waals surface area (Å²) in [6.45, 7) is 3.74. The molecule has 1 aliphatic carbocycles. The SMILES string of the molecule is CC(C(=O)N1CCc2n[nH]nc2C1)C1CCC2(CCN(C(=O)OCc3ccc(OC(F)(F)F)cc3F)CC2)C1. The molecule has 1 N–H and O–H groups in total. The molecule has 39 heavy (non-hydrogen) atoms. The molecule has 3 heterocycles. The molecular weight excluding hydrogens is 522 g/mol. The zero-order valence-electron chi connectivity index (χ0n) is 21.6. The monoisotopic (exact) mass is 553 g/mol. The summed E-state index contributed by atoms with van der Waals surface area (Å²) in [5, 5.41) is 10.9. The zero-order chi connectivity index (χ0) is 27.8. The number of fused-ring (bicyclic) bond motifs is 1. The molecular formula is C26H31F4N5O4. The molecule has 2 aliphatic heterocycles. The lowest BCUT2D eigenvalue weighted by Gasteiger charge is -2.39. The number of halogens is 4. The first-order valence-corrected chi connectivity index (χ1v) is 13.2. The summed E-state index contributed by atoms with van der Waals surface area (Å²) >= 11 is 0. The Morgan fingerprint density at radius 2 is 1.87 bits per heavy atom. The highest BCUT2D eigenvalue weighted by molar-refractivity contribution is 5.79. The van der Waals surface area contributed by atoms with E-state index in [4.69, 9.17) is 4.74 Å². The van der Waals surface area contributed by atoms with Gasteiger partial charge in [0.05, 0.1) is 12.2 Å². The molecule has 2 fully saturated rings. The molecule has 2 amide bonds. The topological polar surface area (TPSA) is 101 Å². The lowest BCUT2D eigenvalue weighted by atomic mass is 9.75. The molecule has 2 unspecified atom stereocenters. The number of nitrogens with zero attached hydrogens (tertiary/aromatic N) is 4. The van der Waals surface area contributed by atoms with Gasteiger partial charge in [0.1, 0.15) is 23.9 Å². The lowest BCUT2D eigenvalue weighted by molar-refractivity contribution is -0.274. The number of nitrogens with one attached hydrogen (secondary N) is 1. The van der Waals surface area contributed by atoms with Gasteiger partial charge in [-0.25, -0.2) is 9.18 Å². The number of aromatic nitrogens is 3. The minimum atomic E-state index is -4.92. The van der Waals surface area contributed by atoms with Crippen molar-refractivity contribution in [3.8, 4) is 5.75 Å². The van der Waals surface area contributed by atoms with Crippen LogP contribution < -0.4 is 4.74 Å². The number of benzene rings is 1. The number of rotatable bonds is 5. The van der Waals surface area contributed by atoms with Crippen LogP contribution in [0.25, 0.3) is 0 Å². The Hall–Kier alpha value is -3.38. The van der Waals surface area contributed by atoms with Crippen LogP contribution in [0.3, 0.4) is 0 Å². The Labute approximate surface area is 222 Å². The van der Waals surface area contributed by atoms with Crippen LogP contribution in [0.15, 0.2) is 18.2 Å². The predicted octanol–water partition coefficient (Wildman–Crippen LogP) is 4.58. The van der Waals surface area contributed by atoms with E-state index >= 15 is 0 Å². The van der Waals surface area contributed by atoms with Gasteiger partial charge < -0.3 is 19.3 Å². The van der Waals surface area contributed by atoms with Gasteiger partial charge in [-0.2, -0.15) is 15.4 Å². The number of carbonyl (C=O) groups is 2. The average Bonchev–Trinajstić information content (AvgIpc) is 3.53. The van der Waals surface area contributed by atoms with E-state index < -0.39 is 30.6 Å². The van der Waals surface area contributed by atoms with Crippen LogP contribution in [0.1, 0.15) is 56.0 Å². The van der Waals surface area contributed by atoms with Crippen molar-refractivity contribution in [3.63, 3.8) is 0 Å². The standard InChI is InChI=1S/C26H31F4N5O4/c1-16(23(36)35-9-5-21-22(14-35)32-33-31-21)17-4-6-25(13-17)7-10-34(11-8-25)24(37)38-15-18-2-3-19(12-20(18)27)39-26(28,29)30/h2-3,12,16-17H,4-11,13-15H2,1H3,(H,31,32,33). The molecule has 1 saturated heterocycles. The third kappa shape index (κ3) is 6.11. The maximum absolute atomic E-state index is 14.2. The number of aromatic amines is 1. The van der Waals surface area contributed by atoms with Gasteiger partial charge in [0.25, 0.3) is 0 Å². The molecule has 212 valence electrons. The van der Waals surface area contributed by atoms with Crippen molar-refractivity contribution in [1.82, 2.24) is 25.2 Å². The number of hydrogen-bond donors (Lipinski definition) is 1. The molecule has 1 aromatic carbocycles. The molecule has 9 nitrogen and oxygen atoms in total. The largest absolute Gasteiger partial charge is 0.573 e. The van der Waals surface area contributed by atoms with Gasteiger partial charge in [-0.15, -0.1) is 13.2 Å². The number of likely N-dealkylation sites (tertiary alicyclic amines) is 1. The van der Waals surface area contributed by atoms with Crippen LogP contribution >= 0.6 is 0 Å². The molecule has 0 radical (unpaired) electrons. The second-order valence-electron chi connectivity index (χ2n) is 10.9. The molecule has 5 rings (SSSR count). The number of piperidine rings is 1. The Morgan fingerprint density at radius 3 is 2.59 bits per heavy atom. The van der Waals surface area contributed by atoms with Gasteiger partial charge >= 0.3 is 12.5 Å². The first-order valence-electron chi connectivity index (χ1n) is 13.2. The highest BCUT2D eigenvalue weighted by atomic mass is 19.4. The summed E-state index contributed by atoms with van der Waals surface area (Å²) in [5.74, 6) is -1.29. The quantitative estimate of drug-likeness (QED) is 0.544. The highest BCUT2D eigenvalue weighted by Crippen LogP contribution is 2.51. The molecule has 2 aromatic rings. The van der Waals surface area contributed by atoms with Crippen molar-refractivity contribution in [2.45, 2.75) is 65.0 Å². The van der Waals surface area contributed by atoms with Crippen molar-refractivity contribution in [1.29, 1.82) is 0 Å². The average molecular weight is 554 g/mol. The lowest BCUT2D eigenvalue weighted by Crippen LogP contribution is -2.43. The van der Waals surface area contributed by atoms with Gasteiger partial charge in [-0.05, 0) is 55.6 Å². The third-order valence-corrected chi connectivity index (χ3v) is 8.50. The summed E-state index contributed by atoms with van der Waals surface area (Å²) in [4.78, 5) is 29.3. The van der Waals surface area contributed by atoms with Gasteiger partial charge in [0, 0.05) is 43.6 Å². The van der Waals surface area contributed by atoms with E-state index in [1.807, 2.05) is 11.8 Å². The molecule has 13 heteroatoms. The zero-order valence-corrected chi connectivity index (χ0v) is 21.6. The van der Waals surface area contributed by atoms with Crippen LogP contribution in [0.5, 0.6) is 5.75 Å². The molecule has 1 spiro atoms.